The Balaban J connectivity index is 1.71. The van der Waals surface area contributed by atoms with Crippen LogP contribution in [0.15, 0.2) is 64.2 Å². The SMILES string of the molecule is COc1cc(/C=N\NC(=O)CN(c2cccc(Cl)c2C)S(C)(=O)=O)cc(Br)c1OCc1ccccc1Cl. The number of benzene rings is 3. The lowest BCUT2D eigenvalue weighted by Crippen LogP contribution is -2.39. The summed E-state index contributed by atoms with van der Waals surface area (Å²) in [5.74, 6) is 0.282. The van der Waals surface area contributed by atoms with Crippen LogP contribution in [0.1, 0.15) is 16.7 Å². The van der Waals surface area contributed by atoms with Crippen molar-refractivity contribution in [1.29, 1.82) is 0 Å². The third kappa shape index (κ3) is 7.61. The molecule has 1 amide bonds. The van der Waals surface area contributed by atoms with Crippen LogP contribution in [-0.4, -0.2) is 40.4 Å². The molecule has 8 nitrogen and oxygen atoms in total. The summed E-state index contributed by atoms with van der Waals surface area (Å²) in [5.41, 5.74) is 4.63. The highest BCUT2D eigenvalue weighted by Crippen LogP contribution is 2.37. The first-order valence-electron chi connectivity index (χ1n) is 10.8. The molecule has 0 aliphatic rings. The Kier molecular flexibility index (Phi) is 9.83. The van der Waals surface area contributed by atoms with Crippen molar-refractivity contribution in [3.63, 3.8) is 0 Å². The molecule has 0 spiro atoms. The number of nitrogens with one attached hydrogen (secondary N) is 1. The molecule has 0 saturated carbocycles. The summed E-state index contributed by atoms with van der Waals surface area (Å²) < 4.78 is 37.7. The van der Waals surface area contributed by atoms with E-state index in [2.05, 4.69) is 26.5 Å². The molecule has 0 heterocycles. The van der Waals surface area contributed by atoms with E-state index >= 15 is 0 Å². The fraction of sp³-hybridized carbons (Fsp3) is 0.200. The molecule has 0 radical (unpaired) electrons. The van der Waals surface area contributed by atoms with Gasteiger partial charge in [-0.05, 0) is 64.3 Å². The van der Waals surface area contributed by atoms with Crippen molar-refractivity contribution in [3.8, 4) is 11.5 Å². The Hall–Kier alpha value is -2.79. The van der Waals surface area contributed by atoms with Crippen LogP contribution in [0.25, 0.3) is 0 Å². The number of carbonyl (C=O) groups is 1. The summed E-state index contributed by atoms with van der Waals surface area (Å²) in [4.78, 5) is 12.5. The van der Waals surface area contributed by atoms with Crippen LogP contribution in [0.2, 0.25) is 10.0 Å². The molecule has 0 bridgehead atoms. The predicted octanol–water partition coefficient (Wildman–Crippen LogP) is 5.57. The lowest BCUT2D eigenvalue weighted by atomic mass is 10.2. The summed E-state index contributed by atoms with van der Waals surface area (Å²) in [6.45, 7) is 1.44. The minimum Gasteiger partial charge on any atom is -0.493 e. The van der Waals surface area contributed by atoms with Gasteiger partial charge in [0.25, 0.3) is 5.91 Å². The molecule has 1 N–H and O–H groups in total. The van der Waals surface area contributed by atoms with E-state index in [0.717, 1.165) is 16.1 Å². The maximum absolute atomic E-state index is 12.5. The monoisotopic (exact) mass is 627 g/mol. The first kappa shape index (κ1) is 28.8. The largest absolute Gasteiger partial charge is 0.493 e. The summed E-state index contributed by atoms with van der Waals surface area (Å²) in [6, 6.07) is 15.6. The van der Waals surface area contributed by atoms with E-state index in [-0.39, 0.29) is 6.61 Å². The second kappa shape index (κ2) is 12.6. The fourth-order valence-corrected chi connectivity index (χ4v) is 5.15. The highest BCUT2D eigenvalue weighted by atomic mass is 79.9. The molecule has 0 aromatic heterocycles. The molecule has 0 saturated heterocycles. The molecule has 3 aromatic carbocycles. The minimum atomic E-state index is -3.76. The topological polar surface area (TPSA) is 97.3 Å². The van der Waals surface area contributed by atoms with Crippen LogP contribution in [0.3, 0.4) is 0 Å². The van der Waals surface area contributed by atoms with Gasteiger partial charge in [-0.1, -0.05) is 47.5 Å². The van der Waals surface area contributed by atoms with E-state index < -0.39 is 22.5 Å². The van der Waals surface area contributed by atoms with E-state index in [1.807, 2.05) is 18.2 Å². The maximum Gasteiger partial charge on any atom is 0.260 e. The first-order chi connectivity index (χ1) is 17.5. The number of methoxy groups -OCH3 is 1. The lowest BCUT2D eigenvalue weighted by molar-refractivity contribution is -0.119. The number of halogens is 3. The third-order valence-electron chi connectivity index (χ3n) is 5.18. The third-order valence-corrected chi connectivity index (χ3v) is 7.67. The van der Waals surface area contributed by atoms with E-state index in [1.54, 1.807) is 43.3 Å². The summed E-state index contributed by atoms with van der Waals surface area (Å²) in [6.07, 6.45) is 2.42. The molecule has 37 heavy (non-hydrogen) atoms. The van der Waals surface area contributed by atoms with Crippen LogP contribution >= 0.6 is 39.1 Å². The number of hydrogen-bond acceptors (Lipinski definition) is 6. The number of carbonyl (C=O) groups excluding carboxylic acids is 1. The van der Waals surface area contributed by atoms with Gasteiger partial charge in [0.05, 0.1) is 29.7 Å². The van der Waals surface area contributed by atoms with Gasteiger partial charge in [0.15, 0.2) is 11.5 Å². The average Bonchev–Trinajstić information content (AvgIpc) is 2.84. The number of rotatable bonds is 10. The zero-order valence-corrected chi connectivity index (χ0v) is 24.1. The van der Waals surface area contributed by atoms with Crippen LogP contribution in [-0.2, 0) is 21.4 Å². The number of ether oxygens (including phenoxy) is 2. The van der Waals surface area contributed by atoms with E-state index in [9.17, 15) is 13.2 Å². The average molecular weight is 629 g/mol. The van der Waals surface area contributed by atoms with Gasteiger partial charge in [-0.3, -0.25) is 9.10 Å². The van der Waals surface area contributed by atoms with E-state index in [0.29, 0.717) is 42.8 Å². The maximum atomic E-state index is 12.5. The number of nitrogens with zero attached hydrogens (tertiary/aromatic N) is 2. The second-order valence-corrected chi connectivity index (χ2v) is 11.4. The number of anilines is 1. The van der Waals surface area contributed by atoms with E-state index in [1.165, 1.54) is 13.3 Å². The Bertz CT molecular complexity index is 1430. The highest BCUT2D eigenvalue weighted by molar-refractivity contribution is 9.10. The molecule has 0 aliphatic heterocycles. The zero-order valence-electron chi connectivity index (χ0n) is 20.2. The van der Waals surface area contributed by atoms with Gasteiger partial charge in [-0.2, -0.15) is 5.10 Å². The molecular weight excluding hydrogens is 605 g/mol. The van der Waals surface area contributed by atoms with Gasteiger partial charge in [-0.15, -0.1) is 0 Å². The van der Waals surface area contributed by atoms with Gasteiger partial charge in [0.1, 0.15) is 13.2 Å². The minimum absolute atomic E-state index is 0.237. The van der Waals surface area contributed by atoms with Crippen molar-refractivity contribution >= 4 is 67.0 Å². The molecule has 0 unspecified atom stereocenters. The zero-order chi connectivity index (χ0) is 27.2. The van der Waals surface area contributed by atoms with Gasteiger partial charge < -0.3 is 9.47 Å². The van der Waals surface area contributed by atoms with Gasteiger partial charge in [0, 0.05) is 15.6 Å². The summed E-state index contributed by atoms with van der Waals surface area (Å²) in [7, 11) is -2.26. The van der Waals surface area contributed by atoms with Gasteiger partial charge >= 0.3 is 0 Å². The van der Waals surface area contributed by atoms with Crippen molar-refractivity contribution in [2.75, 3.05) is 24.2 Å². The Morgan fingerprint density at radius 2 is 1.84 bits per heavy atom. The number of hydrogen-bond donors (Lipinski definition) is 1. The normalized spacial score (nSPS) is 11.4. The molecule has 3 rings (SSSR count). The quantitative estimate of drug-likeness (QED) is 0.234. The standard InChI is InChI=1S/C25H24BrCl2N3O5S/c1-16-20(27)9-6-10-22(16)31(37(3,33)34)14-24(32)30-29-13-17-11-19(26)25(23(12-17)35-2)36-15-18-7-4-5-8-21(18)28/h4-13H,14-15H2,1-3H3,(H,30,32)/b29-13-. The van der Waals surface area contributed by atoms with Crippen molar-refractivity contribution in [2.45, 2.75) is 13.5 Å². The molecule has 3 aromatic rings. The van der Waals surface area contributed by atoms with Crippen LogP contribution < -0.4 is 19.2 Å². The summed E-state index contributed by atoms with van der Waals surface area (Å²) in [5, 5.41) is 4.94. The molecule has 0 atom stereocenters. The van der Waals surface area contributed by atoms with Crippen LogP contribution in [0, 0.1) is 6.92 Å². The van der Waals surface area contributed by atoms with Crippen molar-refractivity contribution < 1.29 is 22.7 Å². The van der Waals surface area contributed by atoms with Gasteiger partial charge in [0.2, 0.25) is 10.0 Å². The Labute approximate surface area is 234 Å². The molecule has 12 heteroatoms. The van der Waals surface area contributed by atoms with Crippen molar-refractivity contribution in [3.05, 3.63) is 85.8 Å². The van der Waals surface area contributed by atoms with Crippen LogP contribution in [0.5, 0.6) is 11.5 Å². The smallest absolute Gasteiger partial charge is 0.260 e. The molecule has 0 fully saturated rings. The first-order valence-corrected chi connectivity index (χ1v) is 14.2. The van der Waals surface area contributed by atoms with Crippen LogP contribution in [0.4, 0.5) is 5.69 Å². The van der Waals surface area contributed by atoms with E-state index in [4.69, 9.17) is 32.7 Å². The molecule has 0 aliphatic carbocycles. The number of amides is 1. The van der Waals surface area contributed by atoms with Crippen molar-refractivity contribution in [1.82, 2.24) is 5.43 Å². The Morgan fingerprint density at radius 3 is 2.51 bits per heavy atom. The Morgan fingerprint density at radius 1 is 1.14 bits per heavy atom. The molecular formula is C25H24BrCl2N3O5S. The van der Waals surface area contributed by atoms with Crippen molar-refractivity contribution in [2.24, 2.45) is 5.10 Å². The number of sulfonamides is 1. The number of hydrazone groups is 1. The lowest BCUT2D eigenvalue weighted by Gasteiger charge is -2.23. The highest BCUT2D eigenvalue weighted by Gasteiger charge is 2.23. The fourth-order valence-electron chi connectivity index (χ4n) is 3.31. The molecule has 196 valence electrons. The second-order valence-electron chi connectivity index (χ2n) is 7.86. The predicted molar refractivity (Wildman–Crippen MR) is 151 cm³/mol. The van der Waals surface area contributed by atoms with Gasteiger partial charge in [-0.25, -0.2) is 13.8 Å². The summed E-state index contributed by atoms with van der Waals surface area (Å²) >= 11 is 15.8.